The van der Waals surface area contributed by atoms with Crippen LogP contribution in [0.25, 0.3) is 0 Å². The van der Waals surface area contributed by atoms with Crippen molar-refractivity contribution < 1.29 is 23.7 Å². The van der Waals surface area contributed by atoms with Crippen molar-refractivity contribution in [2.24, 2.45) is 0 Å². The van der Waals surface area contributed by atoms with Crippen LogP contribution in [0.1, 0.15) is 22.3 Å². The predicted molar refractivity (Wildman–Crippen MR) is 87.8 cm³/mol. The predicted octanol–water partition coefficient (Wildman–Crippen LogP) is 1.91. The summed E-state index contributed by atoms with van der Waals surface area (Å²) >= 11 is 0. The van der Waals surface area contributed by atoms with E-state index in [9.17, 15) is 4.79 Å². The van der Waals surface area contributed by atoms with Crippen molar-refractivity contribution >= 4 is 5.91 Å². The molecule has 1 saturated heterocycles. The molecule has 7 nitrogen and oxygen atoms in total. The van der Waals surface area contributed by atoms with Crippen molar-refractivity contribution in [3.8, 4) is 17.4 Å². The van der Waals surface area contributed by atoms with Crippen LogP contribution in [-0.2, 0) is 11.3 Å². The van der Waals surface area contributed by atoms with Gasteiger partial charge in [0.2, 0.25) is 12.7 Å². The Labute approximate surface area is 144 Å². The third-order valence-corrected chi connectivity index (χ3v) is 4.06. The van der Waals surface area contributed by atoms with Crippen LogP contribution in [0, 0.1) is 0 Å². The van der Waals surface area contributed by atoms with Gasteiger partial charge in [0.15, 0.2) is 11.5 Å². The van der Waals surface area contributed by atoms with Crippen LogP contribution in [0.5, 0.6) is 17.4 Å². The van der Waals surface area contributed by atoms with E-state index in [-0.39, 0.29) is 18.8 Å². The molecule has 1 N–H and O–H groups in total. The Kier molecular flexibility index (Phi) is 4.39. The van der Waals surface area contributed by atoms with Crippen LogP contribution >= 0.6 is 0 Å². The molecule has 0 saturated carbocycles. The molecule has 0 spiro atoms. The number of aromatic nitrogens is 1. The standard InChI is InChI=1S/C18H18N2O5/c21-18(20-8-12-1-3-15-16(7-12)24-11-23-15)13-2-4-17(19-9-13)25-14-5-6-22-10-14/h1-4,7,9,14H,5-6,8,10-11H2,(H,20,21)/t14-/m1/s1. The van der Waals surface area contributed by atoms with Gasteiger partial charge < -0.3 is 24.3 Å². The molecule has 0 unspecified atom stereocenters. The molecule has 2 aromatic rings. The van der Waals surface area contributed by atoms with E-state index < -0.39 is 0 Å². The SMILES string of the molecule is O=C(NCc1ccc2c(c1)OCO2)c1ccc(O[C@@H]2CCOC2)nc1. The fourth-order valence-corrected chi connectivity index (χ4v) is 2.70. The van der Waals surface area contributed by atoms with Crippen LogP contribution in [-0.4, -0.2) is 37.0 Å². The first-order valence-electron chi connectivity index (χ1n) is 8.15. The number of benzene rings is 1. The highest BCUT2D eigenvalue weighted by molar-refractivity contribution is 5.93. The number of nitrogens with one attached hydrogen (secondary N) is 1. The highest BCUT2D eigenvalue weighted by Crippen LogP contribution is 2.32. The van der Waals surface area contributed by atoms with Gasteiger partial charge in [0.05, 0.1) is 18.8 Å². The van der Waals surface area contributed by atoms with Crippen molar-refractivity contribution in [3.63, 3.8) is 0 Å². The second-order valence-corrected chi connectivity index (χ2v) is 5.86. The van der Waals surface area contributed by atoms with E-state index in [1.54, 1.807) is 12.1 Å². The van der Waals surface area contributed by atoms with E-state index in [0.717, 1.165) is 17.7 Å². The van der Waals surface area contributed by atoms with Crippen molar-refractivity contribution in [1.29, 1.82) is 0 Å². The van der Waals surface area contributed by atoms with Crippen molar-refractivity contribution in [2.75, 3.05) is 20.0 Å². The first kappa shape index (κ1) is 15.7. The van der Waals surface area contributed by atoms with Crippen molar-refractivity contribution in [2.45, 2.75) is 19.1 Å². The number of hydrogen-bond donors (Lipinski definition) is 1. The Hall–Kier alpha value is -2.80. The molecule has 0 aliphatic carbocycles. The quantitative estimate of drug-likeness (QED) is 0.894. The molecule has 1 fully saturated rings. The molecular formula is C18H18N2O5. The van der Waals surface area contributed by atoms with Gasteiger partial charge in [0.25, 0.3) is 5.91 Å². The van der Waals surface area contributed by atoms with Crippen LogP contribution < -0.4 is 19.5 Å². The second kappa shape index (κ2) is 6.98. The first-order valence-corrected chi connectivity index (χ1v) is 8.15. The number of fused-ring (bicyclic) bond motifs is 1. The molecule has 1 amide bonds. The number of nitrogens with zero attached hydrogens (tertiary/aromatic N) is 1. The third kappa shape index (κ3) is 3.66. The van der Waals surface area contributed by atoms with Crippen LogP contribution in [0.4, 0.5) is 0 Å². The van der Waals surface area contributed by atoms with Gasteiger partial charge >= 0.3 is 0 Å². The van der Waals surface area contributed by atoms with Crippen molar-refractivity contribution in [1.82, 2.24) is 10.3 Å². The molecule has 0 radical (unpaired) electrons. The summed E-state index contributed by atoms with van der Waals surface area (Å²) in [6.45, 7) is 1.93. The minimum absolute atomic E-state index is 0.0400. The van der Waals surface area contributed by atoms with E-state index >= 15 is 0 Å². The summed E-state index contributed by atoms with van der Waals surface area (Å²) in [6.07, 6.45) is 2.41. The van der Waals surface area contributed by atoms with Gasteiger partial charge in [-0.25, -0.2) is 4.98 Å². The molecule has 25 heavy (non-hydrogen) atoms. The number of hydrogen-bond acceptors (Lipinski definition) is 6. The summed E-state index contributed by atoms with van der Waals surface area (Å²) in [7, 11) is 0. The summed E-state index contributed by atoms with van der Waals surface area (Å²) in [6, 6.07) is 9.00. The lowest BCUT2D eigenvalue weighted by Crippen LogP contribution is -2.23. The highest BCUT2D eigenvalue weighted by atomic mass is 16.7. The molecule has 130 valence electrons. The molecule has 3 heterocycles. The Bertz CT molecular complexity index is 757. The molecule has 1 atom stereocenters. The smallest absolute Gasteiger partial charge is 0.253 e. The topological polar surface area (TPSA) is 78.9 Å². The third-order valence-electron chi connectivity index (χ3n) is 4.06. The molecule has 4 rings (SSSR count). The van der Waals surface area contributed by atoms with Gasteiger partial charge in [-0.05, 0) is 23.8 Å². The van der Waals surface area contributed by atoms with Gasteiger partial charge in [0.1, 0.15) is 6.10 Å². The summed E-state index contributed by atoms with van der Waals surface area (Å²) in [5.74, 6) is 1.73. The van der Waals surface area contributed by atoms with E-state index in [4.69, 9.17) is 18.9 Å². The van der Waals surface area contributed by atoms with Gasteiger partial charge in [0, 0.05) is 25.2 Å². The molecule has 7 heteroatoms. The Morgan fingerprint density at radius 1 is 1.24 bits per heavy atom. The molecule has 2 aliphatic rings. The molecule has 1 aromatic heterocycles. The van der Waals surface area contributed by atoms with Gasteiger partial charge in [-0.1, -0.05) is 6.07 Å². The zero-order valence-corrected chi connectivity index (χ0v) is 13.6. The number of ether oxygens (including phenoxy) is 4. The summed E-state index contributed by atoms with van der Waals surface area (Å²) in [4.78, 5) is 16.4. The zero-order chi connectivity index (χ0) is 17.1. The first-order chi connectivity index (χ1) is 12.3. The monoisotopic (exact) mass is 342 g/mol. The van der Waals surface area contributed by atoms with E-state index in [2.05, 4.69) is 10.3 Å². The van der Waals surface area contributed by atoms with Gasteiger partial charge in [-0.2, -0.15) is 0 Å². The Morgan fingerprint density at radius 2 is 2.16 bits per heavy atom. The maximum absolute atomic E-state index is 12.2. The normalized spacial score (nSPS) is 18.2. The minimum atomic E-state index is -0.194. The fraction of sp³-hybridized carbons (Fsp3) is 0.333. The van der Waals surface area contributed by atoms with Crippen molar-refractivity contribution in [3.05, 3.63) is 47.7 Å². The highest BCUT2D eigenvalue weighted by Gasteiger charge is 2.18. The van der Waals surface area contributed by atoms with E-state index in [0.29, 0.717) is 37.0 Å². The van der Waals surface area contributed by atoms with E-state index in [1.807, 2.05) is 18.2 Å². The average molecular weight is 342 g/mol. The lowest BCUT2D eigenvalue weighted by molar-refractivity contribution is 0.0950. The number of rotatable bonds is 5. The van der Waals surface area contributed by atoms with Gasteiger partial charge in [-0.15, -0.1) is 0 Å². The molecule has 0 bridgehead atoms. The minimum Gasteiger partial charge on any atom is -0.472 e. The van der Waals surface area contributed by atoms with Crippen LogP contribution in [0.15, 0.2) is 36.5 Å². The molecular weight excluding hydrogens is 324 g/mol. The lowest BCUT2D eigenvalue weighted by atomic mass is 10.2. The molecule has 2 aliphatic heterocycles. The van der Waals surface area contributed by atoms with Gasteiger partial charge in [-0.3, -0.25) is 4.79 Å². The number of pyridine rings is 1. The molecule has 1 aromatic carbocycles. The average Bonchev–Trinajstić information content (AvgIpc) is 3.31. The Morgan fingerprint density at radius 3 is 2.96 bits per heavy atom. The van der Waals surface area contributed by atoms with Crippen LogP contribution in [0.3, 0.4) is 0 Å². The largest absolute Gasteiger partial charge is 0.472 e. The maximum Gasteiger partial charge on any atom is 0.253 e. The number of carbonyl (C=O) groups is 1. The summed E-state index contributed by atoms with van der Waals surface area (Å²) in [5, 5.41) is 2.86. The summed E-state index contributed by atoms with van der Waals surface area (Å²) in [5.41, 5.74) is 1.42. The van der Waals surface area contributed by atoms with Crippen LogP contribution in [0.2, 0.25) is 0 Å². The van der Waals surface area contributed by atoms with E-state index in [1.165, 1.54) is 6.20 Å². The fourth-order valence-electron chi connectivity index (χ4n) is 2.70. The number of carbonyl (C=O) groups excluding carboxylic acids is 1. The zero-order valence-electron chi connectivity index (χ0n) is 13.6. The Balaban J connectivity index is 1.33. The summed E-state index contributed by atoms with van der Waals surface area (Å²) < 4.78 is 21.5. The maximum atomic E-state index is 12.2. The number of amides is 1. The lowest BCUT2D eigenvalue weighted by Gasteiger charge is -2.11. The second-order valence-electron chi connectivity index (χ2n) is 5.86.